The van der Waals surface area contributed by atoms with Gasteiger partial charge >= 0.3 is 0 Å². The molecular weight excluding hydrogens is 297 g/mol. The second-order valence-electron chi connectivity index (χ2n) is 5.63. The lowest BCUT2D eigenvalue weighted by Crippen LogP contribution is -2.29. The van der Waals surface area contributed by atoms with Crippen LogP contribution in [-0.4, -0.2) is 15.9 Å². The Hall–Kier alpha value is -1.88. The zero-order valence-electron chi connectivity index (χ0n) is 12.4. The molecule has 0 spiro atoms. The Morgan fingerprint density at radius 3 is 2.91 bits per heavy atom. The molecule has 114 valence electrons. The predicted molar refractivity (Wildman–Crippen MR) is 89.5 cm³/mol. The molecule has 0 aliphatic carbocycles. The minimum Gasteiger partial charge on any atom is -0.379 e. The summed E-state index contributed by atoms with van der Waals surface area (Å²) in [5.41, 5.74) is 7.87. The SMILES string of the molecule is C[C@@]1(c2cc(Cc3ccccn3)ccc2F)CCSC(N)=N1. The van der Waals surface area contributed by atoms with E-state index in [0.29, 0.717) is 17.2 Å². The summed E-state index contributed by atoms with van der Waals surface area (Å²) < 4.78 is 14.3. The highest BCUT2D eigenvalue weighted by Crippen LogP contribution is 2.36. The van der Waals surface area contributed by atoms with Crippen LogP contribution in [0.1, 0.15) is 30.2 Å². The van der Waals surface area contributed by atoms with Crippen LogP contribution in [0.4, 0.5) is 4.39 Å². The number of amidine groups is 1. The minimum atomic E-state index is -0.584. The van der Waals surface area contributed by atoms with E-state index in [1.807, 2.05) is 37.3 Å². The van der Waals surface area contributed by atoms with Gasteiger partial charge in [0.1, 0.15) is 5.82 Å². The molecule has 0 amide bonds. The van der Waals surface area contributed by atoms with Crippen LogP contribution < -0.4 is 5.73 Å². The Balaban J connectivity index is 1.95. The number of halogens is 1. The number of rotatable bonds is 3. The summed E-state index contributed by atoms with van der Waals surface area (Å²) in [6, 6.07) is 11.0. The molecule has 1 aliphatic rings. The van der Waals surface area contributed by atoms with E-state index < -0.39 is 5.54 Å². The van der Waals surface area contributed by atoms with Crippen LogP contribution >= 0.6 is 11.8 Å². The van der Waals surface area contributed by atoms with Gasteiger partial charge in [-0.25, -0.2) is 4.39 Å². The predicted octanol–water partition coefficient (Wildman–Crippen LogP) is 3.48. The molecule has 2 heterocycles. The molecular formula is C17H18FN3S. The first-order valence-electron chi connectivity index (χ1n) is 7.24. The summed E-state index contributed by atoms with van der Waals surface area (Å²) in [6.07, 6.45) is 3.23. The smallest absolute Gasteiger partial charge is 0.154 e. The quantitative estimate of drug-likeness (QED) is 0.943. The normalized spacial score (nSPS) is 21.5. The van der Waals surface area contributed by atoms with E-state index in [1.54, 1.807) is 6.20 Å². The van der Waals surface area contributed by atoms with Crippen molar-refractivity contribution in [1.29, 1.82) is 0 Å². The maximum absolute atomic E-state index is 14.3. The lowest BCUT2D eigenvalue weighted by Gasteiger charge is -2.30. The fraction of sp³-hybridized carbons (Fsp3) is 0.294. The zero-order valence-corrected chi connectivity index (χ0v) is 13.2. The average molecular weight is 315 g/mol. The Bertz CT molecular complexity index is 702. The molecule has 0 radical (unpaired) electrons. The number of aliphatic imine (C=N–C) groups is 1. The van der Waals surface area contributed by atoms with E-state index in [9.17, 15) is 4.39 Å². The summed E-state index contributed by atoms with van der Waals surface area (Å²) in [5.74, 6) is 0.631. The molecule has 0 saturated heterocycles. The lowest BCUT2D eigenvalue weighted by molar-refractivity contribution is 0.449. The number of pyridine rings is 1. The summed E-state index contributed by atoms with van der Waals surface area (Å²) in [5, 5.41) is 0.531. The van der Waals surface area contributed by atoms with Crippen LogP contribution in [0.3, 0.4) is 0 Å². The van der Waals surface area contributed by atoms with Gasteiger partial charge in [0.15, 0.2) is 5.17 Å². The summed E-state index contributed by atoms with van der Waals surface area (Å²) in [6.45, 7) is 1.95. The summed E-state index contributed by atoms with van der Waals surface area (Å²) >= 11 is 1.52. The monoisotopic (exact) mass is 315 g/mol. The van der Waals surface area contributed by atoms with E-state index in [-0.39, 0.29) is 5.82 Å². The number of nitrogens with two attached hydrogens (primary N) is 1. The average Bonchev–Trinajstić information content (AvgIpc) is 2.50. The van der Waals surface area contributed by atoms with Crippen molar-refractivity contribution in [1.82, 2.24) is 4.98 Å². The van der Waals surface area contributed by atoms with Gasteiger partial charge in [0, 0.05) is 29.6 Å². The highest BCUT2D eigenvalue weighted by atomic mass is 32.2. The number of hydrogen-bond donors (Lipinski definition) is 1. The van der Waals surface area contributed by atoms with Gasteiger partial charge in [-0.2, -0.15) is 0 Å². The summed E-state index contributed by atoms with van der Waals surface area (Å²) in [7, 11) is 0. The Morgan fingerprint density at radius 2 is 2.18 bits per heavy atom. The van der Waals surface area contributed by atoms with Crippen LogP contribution in [-0.2, 0) is 12.0 Å². The fourth-order valence-electron chi connectivity index (χ4n) is 2.69. The minimum absolute atomic E-state index is 0.226. The van der Waals surface area contributed by atoms with Crippen molar-refractivity contribution < 1.29 is 4.39 Å². The van der Waals surface area contributed by atoms with Gasteiger partial charge < -0.3 is 5.73 Å². The number of benzene rings is 1. The van der Waals surface area contributed by atoms with E-state index in [2.05, 4.69) is 9.98 Å². The fourth-order valence-corrected chi connectivity index (χ4v) is 3.66. The summed E-state index contributed by atoms with van der Waals surface area (Å²) in [4.78, 5) is 8.82. The third kappa shape index (κ3) is 3.14. The molecule has 3 nitrogen and oxygen atoms in total. The molecule has 3 rings (SSSR count). The maximum atomic E-state index is 14.3. The van der Waals surface area contributed by atoms with E-state index in [1.165, 1.54) is 17.8 Å². The van der Waals surface area contributed by atoms with Crippen LogP contribution in [0.5, 0.6) is 0 Å². The molecule has 1 aromatic heterocycles. The van der Waals surface area contributed by atoms with Gasteiger partial charge in [0.05, 0.1) is 5.54 Å². The highest BCUT2D eigenvalue weighted by Gasteiger charge is 2.32. The Labute approximate surface area is 133 Å². The molecule has 5 heteroatoms. The number of thioether (sulfide) groups is 1. The van der Waals surface area contributed by atoms with Crippen LogP contribution in [0, 0.1) is 5.82 Å². The van der Waals surface area contributed by atoms with Gasteiger partial charge in [-0.1, -0.05) is 30.0 Å². The highest BCUT2D eigenvalue weighted by molar-refractivity contribution is 8.13. The number of hydrogen-bond acceptors (Lipinski definition) is 4. The lowest BCUT2D eigenvalue weighted by atomic mass is 9.87. The van der Waals surface area contributed by atoms with Gasteiger partial charge in [-0.15, -0.1) is 0 Å². The molecule has 22 heavy (non-hydrogen) atoms. The Morgan fingerprint density at radius 1 is 1.32 bits per heavy atom. The van der Waals surface area contributed by atoms with Crippen molar-refractivity contribution >= 4 is 16.9 Å². The second-order valence-corrected chi connectivity index (χ2v) is 6.75. The number of aromatic nitrogens is 1. The topological polar surface area (TPSA) is 51.3 Å². The van der Waals surface area contributed by atoms with Crippen LogP contribution in [0.2, 0.25) is 0 Å². The molecule has 0 fully saturated rings. The first kappa shape index (κ1) is 15.0. The van der Waals surface area contributed by atoms with Crippen molar-refractivity contribution in [2.24, 2.45) is 10.7 Å². The van der Waals surface area contributed by atoms with Gasteiger partial charge in [-0.05, 0) is 37.1 Å². The van der Waals surface area contributed by atoms with E-state index in [0.717, 1.165) is 23.4 Å². The van der Waals surface area contributed by atoms with Crippen molar-refractivity contribution in [2.45, 2.75) is 25.3 Å². The molecule has 1 aromatic carbocycles. The third-order valence-electron chi connectivity index (χ3n) is 3.92. The third-order valence-corrected chi connectivity index (χ3v) is 4.71. The van der Waals surface area contributed by atoms with Crippen molar-refractivity contribution in [3.05, 3.63) is 65.2 Å². The molecule has 1 aliphatic heterocycles. The molecule has 2 aromatic rings. The maximum Gasteiger partial charge on any atom is 0.154 e. The van der Waals surface area contributed by atoms with E-state index in [4.69, 9.17) is 5.73 Å². The molecule has 0 bridgehead atoms. The van der Waals surface area contributed by atoms with Gasteiger partial charge in [0.2, 0.25) is 0 Å². The second kappa shape index (κ2) is 6.08. The molecule has 0 saturated carbocycles. The number of nitrogens with zero attached hydrogens (tertiary/aromatic N) is 2. The van der Waals surface area contributed by atoms with Crippen LogP contribution in [0.25, 0.3) is 0 Å². The zero-order chi connectivity index (χ0) is 15.6. The van der Waals surface area contributed by atoms with Gasteiger partial charge in [-0.3, -0.25) is 9.98 Å². The first-order valence-corrected chi connectivity index (χ1v) is 8.22. The van der Waals surface area contributed by atoms with Crippen LogP contribution in [0.15, 0.2) is 47.6 Å². The van der Waals surface area contributed by atoms with Crippen molar-refractivity contribution in [2.75, 3.05) is 5.75 Å². The van der Waals surface area contributed by atoms with Crippen molar-refractivity contribution in [3.63, 3.8) is 0 Å². The first-order chi connectivity index (χ1) is 10.6. The molecule has 0 unspecified atom stereocenters. The molecule has 2 N–H and O–H groups in total. The Kier molecular flexibility index (Phi) is 4.16. The standard InChI is InChI=1S/C17H18FN3S/c1-17(7-9-22-16(19)21-17)14-11-12(5-6-15(14)18)10-13-4-2-3-8-20-13/h2-6,8,11H,7,9-10H2,1H3,(H2,19,21)/t17-/m0/s1. The van der Waals surface area contributed by atoms with Gasteiger partial charge in [0.25, 0.3) is 0 Å². The van der Waals surface area contributed by atoms with E-state index >= 15 is 0 Å². The molecule has 1 atom stereocenters. The largest absolute Gasteiger partial charge is 0.379 e. The van der Waals surface area contributed by atoms with Crippen molar-refractivity contribution in [3.8, 4) is 0 Å².